The van der Waals surface area contributed by atoms with Crippen molar-refractivity contribution in [1.29, 1.82) is 0 Å². The molecule has 2 aromatic carbocycles. The first-order valence-corrected chi connectivity index (χ1v) is 14.1. The molecule has 5 aromatic rings. The van der Waals surface area contributed by atoms with Gasteiger partial charge in [-0.25, -0.2) is 14.1 Å². The lowest BCUT2D eigenvalue weighted by molar-refractivity contribution is -0.119. The summed E-state index contributed by atoms with van der Waals surface area (Å²) in [5, 5.41) is 11.5. The number of carbonyl (C=O) groups excluding carboxylic acids is 1. The topological polar surface area (TPSA) is 108 Å². The predicted octanol–water partition coefficient (Wildman–Crippen LogP) is 6.35. The average Bonchev–Trinajstić information content (AvgIpc) is 3.41. The molecule has 1 aliphatic rings. The fourth-order valence-corrected chi connectivity index (χ4v) is 5.46. The third-order valence-corrected chi connectivity index (χ3v) is 7.76. The number of amides is 1. The molecule has 0 saturated carbocycles. The van der Waals surface area contributed by atoms with Crippen LogP contribution in [0.15, 0.2) is 78.1 Å². The Balaban J connectivity index is 1.44. The zero-order chi connectivity index (χ0) is 29.4. The van der Waals surface area contributed by atoms with E-state index < -0.39 is 11.9 Å². The largest absolute Gasteiger partial charge is 0.325 e. The molecule has 12 heteroatoms. The van der Waals surface area contributed by atoms with Crippen LogP contribution in [-0.2, 0) is 4.79 Å². The SMILES string of the molecule is CC1CCCC(n2cnc(-c3cc(Cl)ccc3-n3cc(Cl)nn3)cc2=O)c2cc(ccn2)-c2cc(F)ccc2NC1=O. The zero-order valence-electron chi connectivity index (χ0n) is 22.3. The number of hydrogen-bond acceptors (Lipinski definition) is 6. The van der Waals surface area contributed by atoms with Crippen molar-refractivity contribution in [1.82, 2.24) is 29.5 Å². The predicted molar refractivity (Wildman–Crippen MR) is 158 cm³/mol. The smallest absolute Gasteiger partial charge is 0.254 e. The number of hydrogen-bond donors (Lipinski definition) is 1. The van der Waals surface area contributed by atoms with Gasteiger partial charge in [0, 0.05) is 40.0 Å². The summed E-state index contributed by atoms with van der Waals surface area (Å²) < 4.78 is 17.3. The van der Waals surface area contributed by atoms with E-state index in [1.54, 1.807) is 42.7 Å². The Labute approximate surface area is 250 Å². The molecule has 3 aromatic heterocycles. The normalized spacial score (nSPS) is 17.1. The molecule has 2 atom stereocenters. The summed E-state index contributed by atoms with van der Waals surface area (Å²) in [6.45, 7) is 1.85. The number of pyridine rings is 1. The standard InChI is InChI=1S/C30H24Cl2FN7O2/c1-17-3-2-4-27(25-11-18(9-10-34-25)21-13-20(33)6-7-23(21)36-30(17)42)39-16-35-24(14-29(39)41)22-12-19(31)5-8-26(22)40-15-28(32)37-38-40/h5-17,27H,2-4H2,1H3,(H,36,42). The monoisotopic (exact) mass is 603 g/mol. The van der Waals surface area contributed by atoms with E-state index in [1.807, 2.05) is 13.0 Å². The van der Waals surface area contributed by atoms with Crippen molar-refractivity contribution in [3.63, 3.8) is 0 Å². The van der Waals surface area contributed by atoms with Gasteiger partial charge in [-0.3, -0.25) is 19.1 Å². The first-order valence-electron chi connectivity index (χ1n) is 13.3. The molecule has 42 heavy (non-hydrogen) atoms. The van der Waals surface area contributed by atoms with Crippen molar-refractivity contribution in [3.05, 3.63) is 105 Å². The second-order valence-electron chi connectivity index (χ2n) is 10.2. The van der Waals surface area contributed by atoms with Gasteiger partial charge in [0.05, 0.1) is 35.6 Å². The van der Waals surface area contributed by atoms with Crippen LogP contribution in [0.1, 0.15) is 37.9 Å². The minimum Gasteiger partial charge on any atom is -0.325 e. The van der Waals surface area contributed by atoms with Gasteiger partial charge in [-0.2, -0.15) is 0 Å². The summed E-state index contributed by atoms with van der Waals surface area (Å²) in [5.41, 5.74) is 3.60. The van der Waals surface area contributed by atoms with Crippen LogP contribution in [0.2, 0.25) is 10.2 Å². The molecule has 6 rings (SSSR count). The molecule has 1 aliphatic heterocycles. The van der Waals surface area contributed by atoms with E-state index in [9.17, 15) is 14.0 Å². The first-order chi connectivity index (χ1) is 20.3. The second kappa shape index (κ2) is 11.5. The van der Waals surface area contributed by atoms with Gasteiger partial charge in [-0.15, -0.1) is 5.10 Å². The molecule has 212 valence electrons. The number of halogens is 3. The lowest BCUT2D eigenvalue weighted by Gasteiger charge is -2.23. The number of benzene rings is 2. The van der Waals surface area contributed by atoms with Crippen molar-refractivity contribution in [3.8, 4) is 28.1 Å². The maximum Gasteiger partial charge on any atom is 0.254 e. The van der Waals surface area contributed by atoms with Crippen LogP contribution in [-0.4, -0.2) is 35.4 Å². The summed E-state index contributed by atoms with van der Waals surface area (Å²) in [6, 6.07) is 13.9. The molecule has 1 amide bonds. The van der Waals surface area contributed by atoms with Crippen molar-refractivity contribution in [2.24, 2.45) is 5.92 Å². The Morgan fingerprint density at radius 3 is 2.62 bits per heavy atom. The minimum absolute atomic E-state index is 0.150. The van der Waals surface area contributed by atoms with E-state index in [0.717, 1.165) is 0 Å². The average molecular weight is 604 g/mol. The number of rotatable bonds is 3. The van der Waals surface area contributed by atoms with Gasteiger partial charge in [0.1, 0.15) is 5.82 Å². The van der Waals surface area contributed by atoms with Crippen LogP contribution in [0.3, 0.4) is 0 Å². The minimum atomic E-state index is -0.473. The molecule has 1 N–H and O–H groups in total. The van der Waals surface area contributed by atoms with Crippen molar-refractivity contribution < 1.29 is 9.18 Å². The van der Waals surface area contributed by atoms with Gasteiger partial charge < -0.3 is 5.32 Å². The lowest BCUT2D eigenvalue weighted by Crippen LogP contribution is -2.27. The van der Waals surface area contributed by atoms with Crippen molar-refractivity contribution in [2.75, 3.05) is 5.32 Å². The van der Waals surface area contributed by atoms with Gasteiger partial charge in [0.15, 0.2) is 5.15 Å². The van der Waals surface area contributed by atoms with E-state index in [2.05, 4.69) is 25.6 Å². The molecule has 0 saturated heterocycles. The molecule has 0 fully saturated rings. The van der Waals surface area contributed by atoms with E-state index in [-0.39, 0.29) is 22.5 Å². The highest BCUT2D eigenvalue weighted by molar-refractivity contribution is 6.31. The molecule has 0 spiro atoms. The summed E-state index contributed by atoms with van der Waals surface area (Å²) in [6.07, 6.45) is 6.43. The van der Waals surface area contributed by atoms with E-state index in [1.165, 1.54) is 33.8 Å². The maximum atomic E-state index is 14.3. The van der Waals surface area contributed by atoms with Crippen LogP contribution >= 0.6 is 23.2 Å². The van der Waals surface area contributed by atoms with E-state index in [0.29, 0.717) is 63.7 Å². The number of carbonyl (C=O) groups is 1. The number of fused-ring (bicyclic) bond motifs is 4. The molecule has 2 bridgehead atoms. The molecule has 4 heterocycles. The molecule has 0 radical (unpaired) electrons. The van der Waals surface area contributed by atoms with Gasteiger partial charge in [-0.05, 0) is 66.9 Å². The Hall–Kier alpha value is -4.41. The number of aromatic nitrogens is 6. The highest BCUT2D eigenvalue weighted by Crippen LogP contribution is 2.34. The van der Waals surface area contributed by atoms with Crippen molar-refractivity contribution >= 4 is 34.8 Å². The van der Waals surface area contributed by atoms with Gasteiger partial charge in [-0.1, -0.05) is 41.8 Å². The summed E-state index contributed by atoms with van der Waals surface area (Å²) in [7, 11) is 0. The molecule has 0 aliphatic carbocycles. The fourth-order valence-electron chi connectivity index (χ4n) is 5.16. The summed E-state index contributed by atoms with van der Waals surface area (Å²) >= 11 is 12.3. The van der Waals surface area contributed by atoms with Crippen LogP contribution in [0.25, 0.3) is 28.1 Å². The van der Waals surface area contributed by atoms with Gasteiger partial charge >= 0.3 is 0 Å². The molecule has 9 nitrogen and oxygen atoms in total. The molecular weight excluding hydrogens is 580 g/mol. The van der Waals surface area contributed by atoms with E-state index in [4.69, 9.17) is 23.2 Å². The summed E-state index contributed by atoms with van der Waals surface area (Å²) in [4.78, 5) is 35.8. The van der Waals surface area contributed by atoms with Gasteiger partial charge in [0.2, 0.25) is 5.91 Å². The Bertz CT molecular complexity index is 1870. The van der Waals surface area contributed by atoms with Crippen LogP contribution in [0.4, 0.5) is 10.1 Å². The third-order valence-electron chi connectivity index (χ3n) is 7.35. The number of nitrogens with zero attached hydrogens (tertiary/aromatic N) is 6. The zero-order valence-corrected chi connectivity index (χ0v) is 23.8. The third kappa shape index (κ3) is 5.55. The van der Waals surface area contributed by atoms with Crippen molar-refractivity contribution in [2.45, 2.75) is 32.2 Å². The molecular formula is C30H24Cl2FN7O2. The highest BCUT2D eigenvalue weighted by Gasteiger charge is 2.23. The fraction of sp³-hybridized carbons (Fsp3) is 0.200. The van der Waals surface area contributed by atoms with Gasteiger partial charge in [0.25, 0.3) is 5.56 Å². The molecule has 2 unspecified atom stereocenters. The highest BCUT2D eigenvalue weighted by atomic mass is 35.5. The second-order valence-corrected chi connectivity index (χ2v) is 11.0. The Kier molecular flexibility index (Phi) is 7.57. The van der Waals surface area contributed by atoms with E-state index >= 15 is 0 Å². The lowest BCUT2D eigenvalue weighted by atomic mass is 9.95. The quantitative estimate of drug-likeness (QED) is 0.257. The summed E-state index contributed by atoms with van der Waals surface area (Å²) in [5.74, 6) is -0.871. The number of anilines is 1. The van der Waals surface area contributed by atoms with Crippen LogP contribution in [0.5, 0.6) is 0 Å². The Morgan fingerprint density at radius 2 is 1.83 bits per heavy atom. The van der Waals surface area contributed by atoms with Crippen LogP contribution in [0, 0.1) is 11.7 Å². The van der Waals surface area contributed by atoms with Crippen LogP contribution < -0.4 is 10.9 Å². The first kappa shape index (κ1) is 27.7. The number of nitrogens with one attached hydrogen (secondary N) is 1. The Morgan fingerprint density at radius 1 is 0.976 bits per heavy atom. The maximum absolute atomic E-state index is 14.3.